The summed E-state index contributed by atoms with van der Waals surface area (Å²) in [4.78, 5) is 44.2. The number of aliphatic carboxylic acids is 2. The van der Waals surface area contributed by atoms with Crippen LogP contribution in [-0.4, -0.2) is 38.7 Å². The fraction of sp³-hybridized carbons (Fsp3) is 0.500. The van der Waals surface area contributed by atoms with Crippen LogP contribution in [0, 0.1) is 6.92 Å². The highest BCUT2D eigenvalue weighted by molar-refractivity contribution is 7.07. The third kappa shape index (κ3) is 5.38. The molecule has 0 aliphatic heterocycles. The first-order chi connectivity index (χ1) is 9.81. The predicted octanol–water partition coefficient (Wildman–Crippen LogP) is 0.0425. The Morgan fingerprint density at radius 3 is 2.52 bits per heavy atom. The van der Waals surface area contributed by atoms with E-state index in [4.69, 9.17) is 10.2 Å². The lowest BCUT2D eigenvalue weighted by molar-refractivity contribution is -0.147. The normalized spacial score (nSPS) is 11.9. The molecule has 0 aromatic carbocycles. The summed E-state index contributed by atoms with van der Waals surface area (Å²) in [5.74, 6) is -3.25. The minimum absolute atomic E-state index is 0.0190. The maximum Gasteiger partial charge on any atom is 0.326 e. The van der Waals surface area contributed by atoms with Gasteiger partial charge in [-0.3, -0.25) is 14.4 Å². The number of carboxylic acids is 2. The van der Waals surface area contributed by atoms with Crippen molar-refractivity contribution in [1.82, 2.24) is 9.88 Å². The summed E-state index contributed by atoms with van der Waals surface area (Å²) >= 11 is 1.08. The molecule has 1 aromatic heterocycles. The molecular formula is C12H16N2O6S. The first-order valence-corrected chi connectivity index (χ1v) is 7.08. The van der Waals surface area contributed by atoms with Gasteiger partial charge in [0.1, 0.15) is 6.04 Å². The first kappa shape index (κ1) is 16.9. The Morgan fingerprint density at radius 2 is 2.05 bits per heavy atom. The SMILES string of the molecule is Cc1csc(=O)n1CCCC(=O)N[C@@H](CC(=O)O)C(=O)O. The summed E-state index contributed by atoms with van der Waals surface area (Å²) in [5, 5.41) is 21.2. The van der Waals surface area contributed by atoms with Gasteiger partial charge in [0.25, 0.3) is 0 Å². The van der Waals surface area contributed by atoms with Crippen molar-refractivity contribution < 1.29 is 24.6 Å². The van der Waals surface area contributed by atoms with Crippen LogP contribution in [0.15, 0.2) is 10.2 Å². The Kier molecular flexibility index (Phi) is 6.10. The standard InChI is InChI=1S/C12H16N2O6S/c1-7-6-21-12(20)14(7)4-2-3-9(15)13-8(11(18)19)5-10(16)17/h6,8H,2-5H2,1H3,(H,13,15)(H,16,17)(H,18,19)/t8-/m0/s1. The Morgan fingerprint density at radius 1 is 1.38 bits per heavy atom. The molecular weight excluding hydrogens is 300 g/mol. The average Bonchev–Trinajstić information content (AvgIpc) is 2.69. The average molecular weight is 316 g/mol. The fourth-order valence-corrected chi connectivity index (χ4v) is 2.47. The number of carboxylic acid groups (broad SMARTS) is 2. The number of hydrogen-bond donors (Lipinski definition) is 3. The molecule has 0 bridgehead atoms. The van der Waals surface area contributed by atoms with Gasteiger partial charge in [0.05, 0.1) is 6.42 Å². The molecule has 1 rings (SSSR count). The lowest BCUT2D eigenvalue weighted by atomic mass is 10.2. The van der Waals surface area contributed by atoms with Gasteiger partial charge < -0.3 is 20.1 Å². The molecule has 21 heavy (non-hydrogen) atoms. The van der Waals surface area contributed by atoms with E-state index in [0.717, 1.165) is 17.0 Å². The molecule has 0 fully saturated rings. The van der Waals surface area contributed by atoms with E-state index in [-0.39, 0.29) is 11.3 Å². The van der Waals surface area contributed by atoms with Crippen molar-refractivity contribution in [3.05, 3.63) is 20.7 Å². The van der Waals surface area contributed by atoms with Gasteiger partial charge in [-0.2, -0.15) is 0 Å². The number of carbonyl (C=O) groups excluding carboxylic acids is 1. The summed E-state index contributed by atoms with van der Waals surface area (Å²) in [6.07, 6.45) is -0.294. The molecule has 1 aromatic rings. The molecule has 1 amide bonds. The van der Waals surface area contributed by atoms with Crippen molar-refractivity contribution in [2.24, 2.45) is 0 Å². The number of amides is 1. The molecule has 8 nitrogen and oxygen atoms in total. The van der Waals surface area contributed by atoms with Gasteiger partial charge in [0.2, 0.25) is 5.91 Å². The van der Waals surface area contributed by atoms with E-state index < -0.39 is 30.3 Å². The summed E-state index contributed by atoms with van der Waals surface area (Å²) in [6, 6.07) is -1.44. The van der Waals surface area contributed by atoms with Crippen molar-refractivity contribution in [2.75, 3.05) is 0 Å². The summed E-state index contributed by atoms with van der Waals surface area (Å²) < 4.78 is 1.53. The van der Waals surface area contributed by atoms with Gasteiger partial charge in [-0.05, 0) is 13.3 Å². The van der Waals surface area contributed by atoms with Crippen LogP contribution in [0.2, 0.25) is 0 Å². The molecule has 9 heteroatoms. The van der Waals surface area contributed by atoms with Crippen LogP contribution in [-0.2, 0) is 20.9 Å². The molecule has 0 spiro atoms. The Labute approximate surface area is 124 Å². The molecule has 116 valence electrons. The quantitative estimate of drug-likeness (QED) is 0.622. The zero-order valence-electron chi connectivity index (χ0n) is 11.4. The van der Waals surface area contributed by atoms with Crippen molar-refractivity contribution in [3.8, 4) is 0 Å². The van der Waals surface area contributed by atoms with Crippen molar-refractivity contribution in [2.45, 2.75) is 38.8 Å². The summed E-state index contributed by atoms with van der Waals surface area (Å²) in [7, 11) is 0. The summed E-state index contributed by atoms with van der Waals surface area (Å²) in [5.41, 5.74) is 0.805. The largest absolute Gasteiger partial charge is 0.481 e. The van der Waals surface area contributed by atoms with E-state index in [1.54, 1.807) is 12.3 Å². The monoisotopic (exact) mass is 316 g/mol. The second-order valence-corrected chi connectivity index (χ2v) is 5.28. The molecule has 0 saturated carbocycles. The number of carbonyl (C=O) groups is 3. The number of nitrogens with one attached hydrogen (secondary N) is 1. The molecule has 0 aliphatic rings. The van der Waals surface area contributed by atoms with Crippen LogP contribution in [0.25, 0.3) is 0 Å². The van der Waals surface area contributed by atoms with Gasteiger partial charge in [0, 0.05) is 24.0 Å². The van der Waals surface area contributed by atoms with Gasteiger partial charge in [-0.15, -0.1) is 0 Å². The molecule has 1 heterocycles. The maximum atomic E-state index is 11.6. The van der Waals surface area contributed by atoms with Crippen molar-refractivity contribution >= 4 is 29.2 Å². The highest BCUT2D eigenvalue weighted by Gasteiger charge is 2.22. The molecule has 1 atom stereocenters. The minimum Gasteiger partial charge on any atom is -0.481 e. The molecule has 0 aliphatic carbocycles. The van der Waals surface area contributed by atoms with Gasteiger partial charge in [-0.1, -0.05) is 11.3 Å². The van der Waals surface area contributed by atoms with Crippen LogP contribution >= 0.6 is 11.3 Å². The third-order valence-corrected chi connectivity index (χ3v) is 3.66. The highest BCUT2D eigenvalue weighted by Crippen LogP contribution is 2.03. The van der Waals surface area contributed by atoms with E-state index in [0.29, 0.717) is 13.0 Å². The molecule has 0 unspecified atom stereocenters. The lowest BCUT2D eigenvalue weighted by Gasteiger charge is -2.12. The van der Waals surface area contributed by atoms with E-state index >= 15 is 0 Å². The van der Waals surface area contributed by atoms with E-state index in [2.05, 4.69) is 5.32 Å². The van der Waals surface area contributed by atoms with Crippen LogP contribution in [0.3, 0.4) is 0 Å². The van der Waals surface area contributed by atoms with Crippen LogP contribution in [0.4, 0.5) is 0 Å². The topological polar surface area (TPSA) is 126 Å². The van der Waals surface area contributed by atoms with Crippen molar-refractivity contribution in [1.29, 1.82) is 0 Å². The molecule has 0 radical (unpaired) electrons. The van der Waals surface area contributed by atoms with Gasteiger partial charge >= 0.3 is 16.8 Å². The van der Waals surface area contributed by atoms with Crippen LogP contribution < -0.4 is 10.2 Å². The Balaban J connectivity index is 2.45. The Bertz CT molecular complexity index is 591. The first-order valence-electron chi connectivity index (χ1n) is 6.20. The smallest absolute Gasteiger partial charge is 0.326 e. The lowest BCUT2D eigenvalue weighted by Crippen LogP contribution is -2.42. The van der Waals surface area contributed by atoms with E-state index in [9.17, 15) is 19.2 Å². The predicted molar refractivity (Wildman–Crippen MR) is 74.4 cm³/mol. The molecule has 0 saturated heterocycles. The van der Waals surface area contributed by atoms with Gasteiger partial charge in [0.15, 0.2) is 0 Å². The maximum absolute atomic E-state index is 11.6. The number of aryl methyl sites for hydroxylation is 1. The van der Waals surface area contributed by atoms with Crippen LogP contribution in [0.5, 0.6) is 0 Å². The minimum atomic E-state index is -1.44. The number of thiazole rings is 1. The number of nitrogens with zero attached hydrogens (tertiary/aromatic N) is 1. The third-order valence-electron chi connectivity index (χ3n) is 2.77. The summed E-state index contributed by atoms with van der Waals surface area (Å²) in [6.45, 7) is 2.14. The fourth-order valence-electron chi connectivity index (χ4n) is 1.71. The second-order valence-electron chi connectivity index (χ2n) is 4.45. The number of hydrogen-bond acceptors (Lipinski definition) is 5. The van der Waals surface area contributed by atoms with Crippen LogP contribution in [0.1, 0.15) is 25.0 Å². The zero-order chi connectivity index (χ0) is 16.0. The van der Waals surface area contributed by atoms with E-state index in [1.807, 2.05) is 0 Å². The second kappa shape index (κ2) is 7.58. The zero-order valence-corrected chi connectivity index (χ0v) is 12.2. The van der Waals surface area contributed by atoms with Crippen molar-refractivity contribution in [3.63, 3.8) is 0 Å². The van der Waals surface area contributed by atoms with Gasteiger partial charge in [-0.25, -0.2) is 4.79 Å². The number of aromatic nitrogens is 1. The number of rotatable bonds is 8. The Hall–Kier alpha value is -2.16. The molecule has 3 N–H and O–H groups in total. The highest BCUT2D eigenvalue weighted by atomic mass is 32.1. The van der Waals surface area contributed by atoms with E-state index in [1.165, 1.54) is 4.57 Å².